The zero-order chi connectivity index (χ0) is 24.4. The zero-order valence-corrected chi connectivity index (χ0v) is 19.6. The third-order valence-electron chi connectivity index (χ3n) is 5.81. The predicted molar refractivity (Wildman–Crippen MR) is 127 cm³/mol. The van der Waals surface area contributed by atoms with Crippen LogP contribution in [0.1, 0.15) is 41.2 Å². The highest BCUT2D eigenvalue weighted by Crippen LogP contribution is 2.41. The molecule has 1 fully saturated rings. The van der Waals surface area contributed by atoms with Crippen molar-refractivity contribution in [2.75, 3.05) is 13.7 Å². The van der Waals surface area contributed by atoms with Gasteiger partial charge in [0, 0.05) is 12.1 Å². The topological polar surface area (TPSA) is 89.2 Å². The fourth-order valence-electron chi connectivity index (χ4n) is 4.18. The molecule has 7 nitrogen and oxygen atoms in total. The minimum atomic E-state index is -0.869. The molecule has 176 valence electrons. The molecular weight excluding hydrogens is 434 g/mol. The van der Waals surface area contributed by atoms with Gasteiger partial charge in [-0.2, -0.15) is 0 Å². The Morgan fingerprint density at radius 2 is 1.88 bits per heavy atom. The molecule has 0 radical (unpaired) electrons. The maximum absolute atomic E-state index is 13.2. The predicted octanol–water partition coefficient (Wildman–Crippen LogP) is 4.93. The molecular formula is C27H27NO6. The normalized spacial score (nSPS) is 17.3. The summed E-state index contributed by atoms with van der Waals surface area (Å²) < 4.78 is 16.7. The van der Waals surface area contributed by atoms with E-state index in [1.54, 1.807) is 56.5 Å². The summed E-state index contributed by atoms with van der Waals surface area (Å²) in [7, 11) is 1.57. The fourth-order valence-corrected chi connectivity index (χ4v) is 4.18. The third kappa shape index (κ3) is 4.29. The van der Waals surface area contributed by atoms with E-state index in [9.17, 15) is 14.7 Å². The molecule has 1 aliphatic heterocycles. The Kier molecular flexibility index (Phi) is 6.45. The van der Waals surface area contributed by atoms with E-state index < -0.39 is 17.7 Å². The van der Waals surface area contributed by atoms with E-state index in [0.717, 1.165) is 11.1 Å². The molecule has 0 bridgehead atoms. The number of furan rings is 1. The largest absolute Gasteiger partial charge is 0.507 e. The molecule has 2 heterocycles. The first-order valence-electron chi connectivity index (χ1n) is 11.1. The van der Waals surface area contributed by atoms with Crippen LogP contribution in [0.25, 0.3) is 5.76 Å². The number of likely N-dealkylation sites (tertiary alicyclic amines) is 1. The minimum absolute atomic E-state index is 0.00851. The van der Waals surface area contributed by atoms with Gasteiger partial charge in [-0.1, -0.05) is 12.1 Å². The number of aliphatic hydroxyl groups is 1. The first-order valence-corrected chi connectivity index (χ1v) is 11.1. The van der Waals surface area contributed by atoms with Gasteiger partial charge in [0.1, 0.15) is 34.8 Å². The number of aliphatic hydroxyl groups excluding tert-OH is 1. The molecule has 0 aliphatic carbocycles. The summed E-state index contributed by atoms with van der Waals surface area (Å²) in [6.07, 6.45) is 0. The van der Waals surface area contributed by atoms with E-state index >= 15 is 0 Å². The second-order valence-electron chi connectivity index (χ2n) is 8.14. The molecule has 4 rings (SSSR count). The van der Waals surface area contributed by atoms with Crippen LogP contribution >= 0.6 is 0 Å². The van der Waals surface area contributed by atoms with Crippen molar-refractivity contribution in [1.82, 2.24) is 4.90 Å². The summed E-state index contributed by atoms with van der Waals surface area (Å²) in [5.41, 5.74) is 2.01. The molecule has 0 saturated carbocycles. The van der Waals surface area contributed by atoms with Crippen molar-refractivity contribution in [2.45, 2.75) is 33.4 Å². The molecule has 1 atom stereocenters. The van der Waals surface area contributed by atoms with E-state index in [1.807, 2.05) is 26.0 Å². The summed E-state index contributed by atoms with van der Waals surface area (Å²) in [6, 6.07) is 15.1. The standard InChI is InChI=1S/C27H27NO6/c1-5-33-21-12-10-19(13-16(21)2)25(29)23-24(22-11-9-17(3)34-22)28(27(31)26(23)30)15-18-7-6-8-20(14-18)32-4/h6-14,24,29H,5,15H2,1-4H3/b25-23-. The van der Waals surface area contributed by atoms with Crippen molar-refractivity contribution in [2.24, 2.45) is 0 Å². The van der Waals surface area contributed by atoms with Gasteiger partial charge in [0.25, 0.3) is 11.7 Å². The van der Waals surface area contributed by atoms with Crippen LogP contribution in [0, 0.1) is 13.8 Å². The number of methoxy groups -OCH3 is 1. The van der Waals surface area contributed by atoms with Crippen molar-refractivity contribution in [3.05, 3.63) is 88.4 Å². The Hall–Kier alpha value is -4.00. The number of carbonyl (C=O) groups excluding carboxylic acids is 2. The zero-order valence-electron chi connectivity index (χ0n) is 19.6. The van der Waals surface area contributed by atoms with Crippen LogP contribution in [0.15, 0.2) is 64.6 Å². The highest BCUT2D eigenvalue weighted by atomic mass is 16.5. The average molecular weight is 462 g/mol. The van der Waals surface area contributed by atoms with Crippen LogP contribution < -0.4 is 9.47 Å². The van der Waals surface area contributed by atoms with E-state index in [-0.39, 0.29) is 17.9 Å². The molecule has 1 unspecified atom stereocenters. The second kappa shape index (κ2) is 9.47. The van der Waals surface area contributed by atoms with Crippen LogP contribution in [0.4, 0.5) is 0 Å². The number of rotatable bonds is 7. The van der Waals surface area contributed by atoms with Crippen molar-refractivity contribution >= 4 is 17.4 Å². The molecule has 2 aromatic carbocycles. The number of amides is 1. The quantitative estimate of drug-likeness (QED) is 0.305. The Bertz CT molecular complexity index is 1270. The van der Waals surface area contributed by atoms with Gasteiger partial charge in [0.15, 0.2) is 0 Å². The van der Waals surface area contributed by atoms with Gasteiger partial charge in [-0.05, 0) is 74.4 Å². The number of ketones is 1. The number of Topliss-reactive ketones (excluding diaryl/α,β-unsaturated/α-hetero) is 1. The van der Waals surface area contributed by atoms with Crippen LogP contribution in [-0.2, 0) is 16.1 Å². The lowest BCUT2D eigenvalue weighted by molar-refractivity contribution is -0.140. The van der Waals surface area contributed by atoms with E-state index in [1.165, 1.54) is 4.90 Å². The van der Waals surface area contributed by atoms with Crippen LogP contribution in [0.3, 0.4) is 0 Å². The molecule has 1 saturated heterocycles. The summed E-state index contributed by atoms with van der Waals surface area (Å²) in [6.45, 7) is 6.19. The van der Waals surface area contributed by atoms with Gasteiger partial charge in [0.05, 0.1) is 19.3 Å². The second-order valence-corrected chi connectivity index (χ2v) is 8.14. The number of carbonyl (C=O) groups is 2. The van der Waals surface area contributed by atoms with Gasteiger partial charge < -0.3 is 23.9 Å². The van der Waals surface area contributed by atoms with Crippen molar-refractivity contribution in [1.29, 1.82) is 0 Å². The molecule has 34 heavy (non-hydrogen) atoms. The van der Waals surface area contributed by atoms with Gasteiger partial charge in [-0.3, -0.25) is 9.59 Å². The van der Waals surface area contributed by atoms with E-state index in [0.29, 0.717) is 35.2 Å². The van der Waals surface area contributed by atoms with Gasteiger partial charge in [-0.25, -0.2) is 0 Å². The number of hydrogen-bond donors (Lipinski definition) is 1. The molecule has 3 aromatic rings. The number of nitrogens with zero attached hydrogens (tertiary/aromatic N) is 1. The molecule has 0 spiro atoms. The van der Waals surface area contributed by atoms with Crippen LogP contribution in [0.2, 0.25) is 0 Å². The SMILES string of the molecule is CCOc1ccc(/C(O)=C2/C(=O)C(=O)N(Cc3cccc(OC)c3)C2c2ccc(C)o2)cc1C. The summed E-state index contributed by atoms with van der Waals surface area (Å²) in [5.74, 6) is 0.663. The first-order chi connectivity index (χ1) is 16.3. The number of hydrogen-bond acceptors (Lipinski definition) is 6. The van der Waals surface area contributed by atoms with Crippen molar-refractivity contribution in [3.63, 3.8) is 0 Å². The lowest BCUT2D eigenvalue weighted by Crippen LogP contribution is -2.29. The van der Waals surface area contributed by atoms with E-state index in [4.69, 9.17) is 13.9 Å². The monoisotopic (exact) mass is 461 g/mol. The van der Waals surface area contributed by atoms with Crippen LogP contribution in [0.5, 0.6) is 11.5 Å². The Labute approximate surface area is 198 Å². The highest BCUT2D eigenvalue weighted by molar-refractivity contribution is 6.46. The number of benzene rings is 2. The molecule has 1 N–H and O–H groups in total. The molecule has 7 heteroatoms. The average Bonchev–Trinajstić information content (AvgIpc) is 3.36. The summed E-state index contributed by atoms with van der Waals surface area (Å²) in [4.78, 5) is 27.8. The van der Waals surface area contributed by atoms with Gasteiger partial charge >= 0.3 is 0 Å². The lowest BCUT2D eigenvalue weighted by Gasteiger charge is -2.23. The van der Waals surface area contributed by atoms with Crippen LogP contribution in [-0.4, -0.2) is 35.4 Å². The number of aryl methyl sites for hydroxylation is 2. The van der Waals surface area contributed by atoms with Gasteiger partial charge in [0.2, 0.25) is 0 Å². The van der Waals surface area contributed by atoms with Crippen molar-refractivity contribution in [3.8, 4) is 11.5 Å². The molecule has 1 aliphatic rings. The Balaban J connectivity index is 1.81. The minimum Gasteiger partial charge on any atom is -0.507 e. The molecule has 1 aromatic heterocycles. The lowest BCUT2D eigenvalue weighted by atomic mass is 9.98. The Morgan fingerprint density at radius 1 is 1.09 bits per heavy atom. The van der Waals surface area contributed by atoms with Crippen molar-refractivity contribution < 1.29 is 28.6 Å². The molecule has 1 amide bonds. The first kappa shape index (κ1) is 23.2. The smallest absolute Gasteiger partial charge is 0.296 e. The third-order valence-corrected chi connectivity index (χ3v) is 5.81. The summed E-state index contributed by atoms with van der Waals surface area (Å²) in [5, 5.41) is 11.2. The fraction of sp³-hybridized carbons (Fsp3) is 0.259. The van der Waals surface area contributed by atoms with E-state index in [2.05, 4.69) is 0 Å². The number of ether oxygens (including phenoxy) is 2. The highest BCUT2D eigenvalue weighted by Gasteiger charge is 2.47. The maximum atomic E-state index is 13.2. The Morgan fingerprint density at radius 3 is 2.53 bits per heavy atom. The maximum Gasteiger partial charge on any atom is 0.296 e. The van der Waals surface area contributed by atoms with Gasteiger partial charge in [-0.15, -0.1) is 0 Å². The summed E-state index contributed by atoms with van der Waals surface area (Å²) >= 11 is 0.